The number of benzene rings is 2. The van der Waals surface area contributed by atoms with E-state index in [1.807, 2.05) is 53.1 Å². The van der Waals surface area contributed by atoms with E-state index in [9.17, 15) is 0 Å². The predicted molar refractivity (Wildman–Crippen MR) is 126 cm³/mol. The largest absolute Gasteiger partial charge is 0.492 e. The zero-order valence-corrected chi connectivity index (χ0v) is 18.6. The number of nitrogens with one attached hydrogen (secondary N) is 2. The van der Waals surface area contributed by atoms with Gasteiger partial charge in [0.2, 0.25) is 12.7 Å². The number of nitrogens with zero attached hydrogens (tertiary/aromatic N) is 4. The van der Waals surface area contributed by atoms with Crippen LogP contribution in [-0.4, -0.2) is 39.5 Å². The lowest BCUT2D eigenvalue weighted by molar-refractivity contribution is 0.174. The van der Waals surface area contributed by atoms with Crippen molar-refractivity contribution in [1.29, 1.82) is 0 Å². The molecule has 0 amide bonds. The lowest BCUT2D eigenvalue weighted by Gasteiger charge is -2.12. The summed E-state index contributed by atoms with van der Waals surface area (Å²) in [6, 6.07) is 15.8. The first-order valence-corrected chi connectivity index (χ1v) is 11.0. The van der Waals surface area contributed by atoms with Crippen molar-refractivity contribution in [3.63, 3.8) is 0 Å². The van der Waals surface area contributed by atoms with Gasteiger partial charge in [0.05, 0.1) is 12.9 Å². The molecule has 0 unspecified atom stereocenters. The number of hydrogen-bond acceptors (Lipinski definition) is 8. The molecule has 9 nitrogen and oxygen atoms in total. The van der Waals surface area contributed by atoms with Crippen LogP contribution in [0.3, 0.4) is 0 Å². The second-order valence-corrected chi connectivity index (χ2v) is 7.94. The molecule has 1 aliphatic heterocycles. The van der Waals surface area contributed by atoms with Crippen molar-refractivity contribution < 1.29 is 14.2 Å². The molecule has 9 heteroatoms. The average molecular weight is 447 g/mol. The molecular formula is C24H26N6O3. The third-order valence-electron chi connectivity index (χ3n) is 5.27. The first kappa shape index (κ1) is 20.9. The summed E-state index contributed by atoms with van der Waals surface area (Å²) in [6.45, 7) is 6.09. The van der Waals surface area contributed by atoms with Gasteiger partial charge in [-0.05, 0) is 43.7 Å². The van der Waals surface area contributed by atoms with Crippen molar-refractivity contribution in [3.8, 4) is 17.2 Å². The maximum Gasteiger partial charge on any atom is 0.231 e. The Hall–Kier alpha value is -4.01. The highest BCUT2D eigenvalue weighted by atomic mass is 16.7. The van der Waals surface area contributed by atoms with E-state index in [4.69, 9.17) is 19.2 Å². The van der Waals surface area contributed by atoms with Gasteiger partial charge in [-0.25, -0.2) is 4.98 Å². The van der Waals surface area contributed by atoms with Crippen molar-refractivity contribution in [2.75, 3.05) is 30.6 Å². The molecule has 0 radical (unpaired) electrons. The molecular weight excluding hydrogens is 420 g/mol. The number of para-hydroxylation sites is 1. The Morgan fingerprint density at radius 1 is 1.03 bits per heavy atom. The Morgan fingerprint density at radius 3 is 2.73 bits per heavy atom. The van der Waals surface area contributed by atoms with Gasteiger partial charge in [0.15, 0.2) is 28.5 Å². The molecule has 4 aromatic rings. The fourth-order valence-corrected chi connectivity index (χ4v) is 3.58. The van der Waals surface area contributed by atoms with E-state index in [0.717, 1.165) is 34.0 Å². The highest BCUT2D eigenvalue weighted by Crippen LogP contribution is 2.32. The summed E-state index contributed by atoms with van der Waals surface area (Å²) in [7, 11) is 0. The molecule has 0 saturated carbocycles. The normalized spacial score (nSPS) is 12.3. The maximum atomic E-state index is 5.79. The van der Waals surface area contributed by atoms with E-state index in [2.05, 4.69) is 34.4 Å². The van der Waals surface area contributed by atoms with Crippen LogP contribution in [-0.2, 0) is 6.54 Å². The summed E-state index contributed by atoms with van der Waals surface area (Å²) in [5.74, 6) is 3.55. The fourth-order valence-electron chi connectivity index (χ4n) is 3.58. The summed E-state index contributed by atoms with van der Waals surface area (Å²) in [5.41, 5.74) is 2.56. The van der Waals surface area contributed by atoms with Gasteiger partial charge in [0.25, 0.3) is 0 Å². The molecule has 1 aliphatic rings. The Morgan fingerprint density at radius 2 is 1.88 bits per heavy atom. The smallest absolute Gasteiger partial charge is 0.231 e. The van der Waals surface area contributed by atoms with Crippen LogP contribution in [0.25, 0.3) is 11.2 Å². The van der Waals surface area contributed by atoms with E-state index in [-0.39, 0.29) is 12.8 Å². The highest BCUT2D eigenvalue weighted by molar-refractivity contribution is 5.84. The molecule has 5 rings (SSSR count). The van der Waals surface area contributed by atoms with E-state index in [1.165, 1.54) is 0 Å². The highest BCUT2D eigenvalue weighted by Gasteiger charge is 2.16. The zero-order chi connectivity index (χ0) is 22.6. The summed E-state index contributed by atoms with van der Waals surface area (Å²) < 4.78 is 18.7. The molecule has 0 saturated heterocycles. The second kappa shape index (κ2) is 9.23. The van der Waals surface area contributed by atoms with Gasteiger partial charge in [-0.2, -0.15) is 9.97 Å². The van der Waals surface area contributed by atoms with Crippen LogP contribution in [0.15, 0.2) is 54.9 Å². The summed E-state index contributed by atoms with van der Waals surface area (Å²) in [4.78, 5) is 14.0. The molecule has 2 aromatic heterocycles. The Bertz CT molecular complexity index is 1240. The van der Waals surface area contributed by atoms with Gasteiger partial charge in [-0.1, -0.05) is 24.3 Å². The molecule has 33 heavy (non-hydrogen) atoms. The Balaban J connectivity index is 1.32. The van der Waals surface area contributed by atoms with Gasteiger partial charge < -0.3 is 29.4 Å². The number of rotatable bonds is 9. The first-order chi connectivity index (χ1) is 16.2. The zero-order valence-electron chi connectivity index (χ0n) is 18.6. The summed E-state index contributed by atoms with van der Waals surface area (Å²) >= 11 is 0. The van der Waals surface area contributed by atoms with Crippen LogP contribution < -0.4 is 24.8 Å². The predicted octanol–water partition coefficient (Wildman–Crippen LogP) is 4.24. The lowest BCUT2D eigenvalue weighted by Crippen LogP contribution is -2.14. The fraction of sp³-hybridized carbons (Fsp3) is 0.292. The van der Waals surface area contributed by atoms with Gasteiger partial charge in [0, 0.05) is 12.6 Å². The van der Waals surface area contributed by atoms with E-state index >= 15 is 0 Å². The van der Waals surface area contributed by atoms with E-state index < -0.39 is 0 Å². The number of ether oxygens (including phenoxy) is 3. The van der Waals surface area contributed by atoms with Crippen LogP contribution >= 0.6 is 0 Å². The van der Waals surface area contributed by atoms with Crippen molar-refractivity contribution in [2.45, 2.75) is 26.4 Å². The lowest BCUT2D eigenvalue weighted by atomic mass is 10.2. The SMILES string of the molecule is CC(C)n1cnc2c(NCCOc3ccccc3)nc(NCc3ccc4c(c3)OCO4)nc21. The molecule has 2 N–H and O–H groups in total. The Kier molecular flexibility index (Phi) is 5.84. The van der Waals surface area contributed by atoms with E-state index in [0.29, 0.717) is 31.5 Å². The minimum atomic E-state index is 0.223. The van der Waals surface area contributed by atoms with Crippen LogP contribution in [0.5, 0.6) is 17.2 Å². The minimum Gasteiger partial charge on any atom is -0.492 e. The molecule has 0 spiro atoms. The summed E-state index contributed by atoms with van der Waals surface area (Å²) in [5, 5.41) is 6.68. The van der Waals surface area contributed by atoms with Crippen molar-refractivity contribution >= 4 is 22.9 Å². The van der Waals surface area contributed by atoms with Crippen LogP contribution in [0, 0.1) is 0 Å². The second-order valence-electron chi connectivity index (χ2n) is 7.94. The van der Waals surface area contributed by atoms with Gasteiger partial charge in [-0.15, -0.1) is 0 Å². The van der Waals surface area contributed by atoms with Gasteiger partial charge >= 0.3 is 0 Å². The number of anilines is 2. The topological polar surface area (TPSA) is 95.4 Å². The monoisotopic (exact) mass is 446 g/mol. The molecule has 0 fully saturated rings. The number of aromatic nitrogens is 4. The van der Waals surface area contributed by atoms with Crippen molar-refractivity contribution in [1.82, 2.24) is 19.5 Å². The number of hydrogen-bond donors (Lipinski definition) is 2. The number of fused-ring (bicyclic) bond motifs is 2. The average Bonchev–Trinajstić information content (AvgIpc) is 3.48. The van der Waals surface area contributed by atoms with Gasteiger partial charge in [-0.3, -0.25) is 0 Å². The molecule has 0 aliphatic carbocycles. The van der Waals surface area contributed by atoms with Crippen LogP contribution in [0.4, 0.5) is 11.8 Å². The number of imidazole rings is 1. The Labute approximate surface area is 191 Å². The summed E-state index contributed by atoms with van der Waals surface area (Å²) in [6.07, 6.45) is 1.80. The van der Waals surface area contributed by atoms with E-state index in [1.54, 1.807) is 6.33 Å². The maximum absolute atomic E-state index is 5.79. The quantitative estimate of drug-likeness (QED) is 0.369. The molecule has 2 aromatic carbocycles. The third-order valence-corrected chi connectivity index (χ3v) is 5.27. The van der Waals surface area contributed by atoms with Gasteiger partial charge in [0.1, 0.15) is 12.4 Å². The third kappa shape index (κ3) is 4.62. The molecule has 0 atom stereocenters. The van der Waals surface area contributed by atoms with Crippen LogP contribution in [0.1, 0.15) is 25.5 Å². The standard InChI is InChI=1S/C24H26N6O3/c1-16(2)30-14-27-21-22(25-10-11-31-18-6-4-3-5-7-18)28-24(29-23(21)30)26-13-17-8-9-19-20(12-17)33-15-32-19/h3-9,12,14,16H,10-11,13,15H2,1-2H3,(H2,25,26,28,29). The molecule has 0 bridgehead atoms. The van der Waals surface area contributed by atoms with Crippen molar-refractivity contribution in [2.24, 2.45) is 0 Å². The van der Waals surface area contributed by atoms with Crippen LogP contribution in [0.2, 0.25) is 0 Å². The molecule has 3 heterocycles. The molecule has 170 valence electrons. The minimum absolute atomic E-state index is 0.223. The first-order valence-electron chi connectivity index (χ1n) is 11.0. The van der Waals surface area contributed by atoms with Crippen molar-refractivity contribution in [3.05, 3.63) is 60.4 Å².